The molecule has 4 rings (SSSR count). The Labute approximate surface area is 181 Å². The highest BCUT2D eigenvalue weighted by atomic mass is 79.9. The number of benzene rings is 2. The molecule has 4 nitrogen and oxygen atoms in total. The van der Waals surface area contributed by atoms with Gasteiger partial charge in [0.2, 0.25) is 0 Å². The molecule has 1 N–H and O–H groups in total. The lowest BCUT2D eigenvalue weighted by molar-refractivity contribution is 0.0691. The summed E-state index contributed by atoms with van der Waals surface area (Å²) in [6.45, 7) is 0. The average molecular weight is 496 g/mol. The summed E-state index contributed by atoms with van der Waals surface area (Å²) < 4.78 is 31.7. The largest absolute Gasteiger partial charge is 0.478 e. The van der Waals surface area contributed by atoms with Crippen molar-refractivity contribution in [2.75, 3.05) is 0 Å². The van der Waals surface area contributed by atoms with Gasteiger partial charge < -0.3 is 5.11 Å². The second kappa shape index (κ2) is 7.78. The summed E-state index contributed by atoms with van der Waals surface area (Å²) in [5, 5.41) is 9.61. The fourth-order valence-electron chi connectivity index (χ4n) is 2.94. The molecule has 0 saturated carbocycles. The standard InChI is InChI=1S/C20H10BrClF2N2O2S/c21-19-18(29-14-5-1-4-11(15(14)23)20(27)28)12-6-7-13(22)16(24)17(12)26(19)10-3-2-8-25-9-10/h1-9H,(H,27,28). The molecule has 146 valence electrons. The number of carbonyl (C=O) groups is 1. The van der Waals surface area contributed by atoms with Crippen LogP contribution in [-0.2, 0) is 0 Å². The molecule has 29 heavy (non-hydrogen) atoms. The number of aromatic nitrogens is 2. The zero-order valence-corrected chi connectivity index (χ0v) is 17.5. The van der Waals surface area contributed by atoms with E-state index in [1.54, 1.807) is 35.2 Å². The van der Waals surface area contributed by atoms with E-state index in [9.17, 15) is 13.6 Å². The lowest BCUT2D eigenvalue weighted by atomic mass is 10.2. The van der Waals surface area contributed by atoms with Crippen LogP contribution in [0, 0.1) is 11.6 Å². The van der Waals surface area contributed by atoms with Gasteiger partial charge in [-0.2, -0.15) is 0 Å². The first-order valence-electron chi connectivity index (χ1n) is 8.18. The van der Waals surface area contributed by atoms with Gasteiger partial charge in [0, 0.05) is 16.5 Å². The van der Waals surface area contributed by atoms with Gasteiger partial charge in [0.05, 0.1) is 32.9 Å². The van der Waals surface area contributed by atoms with Crippen molar-refractivity contribution >= 4 is 56.2 Å². The normalized spacial score (nSPS) is 11.2. The number of halogens is 4. The summed E-state index contributed by atoms with van der Waals surface area (Å²) in [4.78, 5) is 15.9. The molecule has 0 bridgehead atoms. The third kappa shape index (κ3) is 3.41. The van der Waals surface area contributed by atoms with Crippen LogP contribution in [0.3, 0.4) is 0 Å². The molecular formula is C20H10BrClF2N2O2S. The van der Waals surface area contributed by atoms with Gasteiger partial charge >= 0.3 is 5.97 Å². The van der Waals surface area contributed by atoms with Crippen LogP contribution in [-0.4, -0.2) is 20.6 Å². The molecular weight excluding hydrogens is 486 g/mol. The van der Waals surface area contributed by atoms with Crippen molar-refractivity contribution in [1.82, 2.24) is 9.55 Å². The molecule has 0 amide bonds. The Hall–Kier alpha value is -2.42. The van der Waals surface area contributed by atoms with E-state index in [-0.39, 0.29) is 15.4 Å². The number of carboxylic acids is 1. The third-order valence-electron chi connectivity index (χ3n) is 4.23. The van der Waals surface area contributed by atoms with Crippen LogP contribution in [0.5, 0.6) is 0 Å². The molecule has 2 aromatic carbocycles. The molecule has 2 aromatic heterocycles. The highest BCUT2D eigenvalue weighted by Gasteiger charge is 2.24. The highest BCUT2D eigenvalue weighted by molar-refractivity contribution is 9.10. The molecule has 0 fully saturated rings. The zero-order valence-electron chi connectivity index (χ0n) is 14.4. The van der Waals surface area contributed by atoms with Crippen molar-refractivity contribution < 1.29 is 18.7 Å². The van der Waals surface area contributed by atoms with Crippen LogP contribution in [0.4, 0.5) is 8.78 Å². The van der Waals surface area contributed by atoms with Gasteiger partial charge in [0.25, 0.3) is 0 Å². The van der Waals surface area contributed by atoms with Crippen molar-refractivity contribution in [3.63, 3.8) is 0 Å². The number of hydrogen-bond donors (Lipinski definition) is 1. The summed E-state index contributed by atoms with van der Waals surface area (Å²) in [7, 11) is 0. The van der Waals surface area contributed by atoms with Gasteiger partial charge in [-0.1, -0.05) is 29.4 Å². The third-order valence-corrected chi connectivity index (χ3v) is 6.69. The van der Waals surface area contributed by atoms with E-state index in [4.69, 9.17) is 16.7 Å². The van der Waals surface area contributed by atoms with Crippen molar-refractivity contribution in [3.8, 4) is 5.69 Å². The number of rotatable bonds is 4. The summed E-state index contributed by atoms with van der Waals surface area (Å²) in [6, 6.07) is 10.6. The van der Waals surface area contributed by atoms with Crippen LogP contribution in [0.15, 0.2) is 69.3 Å². The first-order chi connectivity index (χ1) is 13.9. The van der Waals surface area contributed by atoms with Gasteiger partial charge in [0.1, 0.15) is 4.60 Å². The minimum Gasteiger partial charge on any atom is -0.478 e. The molecule has 0 saturated heterocycles. The Balaban J connectivity index is 1.98. The molecule has 0 radical (unpaired) electrons. The maximum Gasteiger partial charge on any atom is 0.338 e. The number of hydrogen-bond acceptors (Lipinski definition) is 3. The van der Waals surface area contributed by atoms with Crippen molar-refractivity contribution in [3.05, 3.63) is 81.7 Å². The van der Waals surface area contributed by atoms with E-state index in [0.29, 0.717) is 20.6 Å². The Kier molecular flexibility index (Phi) is 5.33. The first kappa shape index (κ1) is 19.9. The van der Waals surface area contributed by atoms with Crippen molar-refractivity contribution in [1.29, 1.82) is 0 Å². The van der Waals surface area contributed by atoms with Crippen LogP contribution in [0.2, 0.25) is 5.02 Å². The second-order valence-corrected chi connectivity index (χ2v) is 8.16. The number of fused-ring (bicyclic) bond motifs is 1. The molecule has 2 heterocycles. The summed E-state index contributed by atoms with van der Waals surface area (Å²) in [5.41, 5.74) is 0.350. The van der Waals surface area contributed by atoms with Gasteiger partial charge in [0.15, 0.2) is 11.6 Å². The van der Waals surface area contributed by atoms with Crippen molar-refractivity contribution in [2.45, 2.75) is 9.79 Å². The van der Waals surface area contributed by atoms with Gasteiger partial charge in [-0.15, -0.1) is 0 Å². The molecule has 0 spiro atoms. The monoisotopic (exact) mass is 494 g/mol. The Morgan fingerprint density at radius 2 is 1.93 bits per heavy atom. The highest BCUT2D eigenvalue weighted by Crippen LogP contribution is 2.45. The molecule has 9 heteroatoms. The van der Waals surface area contributed by atoms with Crippen molar-refractivity contribution in [2.24, 2.45) is 0 Å². The lowest BCUT2D eigenvalue weighted by Gasteiger charge is -2.08. The smallest absolute Gasteiger partial charge is 0.338 e. The minimum absolute atomic E-state index is 0.0526. The van der Waals surface area contributed by atoms with Gasteiger partial charge in [-0.3, -0.25) is 9.55 Å². The fourth-order valence-corrected chi connectivity index (χ4v) is 4.95. The lowest BCUT2D eigenvalue weighted by Crippen LogP contribution is -2.01. The average Bonchev–Trinajstić information content (AvgIpc) is 2.99. The Morgan fingerprint density at radius 1 is 1.14 bits per heavy atom. The van der Waals surface area contributed by atoms with Gasteiger partial charge in [-0.05, 0) is 52.3 Å². The SMILES string of the molecule is O=C(O)c1cccc(Sc2c(Br)n(-c3cccnc3)c3c(F)c(Cl)ccc23)c1F. The van der Waals surface area contributed by atoms with E-state index in [2.05, 4.69) is 20.9 Å². The van der Waals surface area contributed by atoms with E-state index < -0.39 is 23.2 Å². The number of pyridine rings is 1. The Bertz CT molecular complexity index is 1260. The maximum absolute atomic E-state index is 15.0. The fraction of sp³-hybridized carbons (Fsp3) is 0. The number of nitrogens with zero attached hydrogens (tertiary/aromatic N) is 2. The quantitative estimate of drug-likeness (QED) is 0.348. The molecule has 0 unspecified atom stereocenters. The molecule has 0 aliphatic carbocycles. The maximum atomic E-state index is 15.0. The van der Waals surface area contributed by atoms with Crippen LogP contribution >= 0.6 is 39.3 Å². The topological polar surface area (TPSA) is 55.1 Å². The van der Waals surface area contributed by atoms with Crippen LogP contribution < -0.4 is 0 Å². The first-order valence-corrected chi connectivity index (χ1v) is 10.2. The van der Waals surface area contributed by atoms with E-state index in [1.807, 2.05) is 0 Å². The Morgan fingerprint density at radius 3 is 2.62 bits per heavy atom. The molecule has 0 aliphatic heterocycles. The molecule has 0 atom stereocenters. The number of carboxylic acid groups (broad SMARTS) is 1. The summed E-state index contributed by atoms with van der Waals surface area (Å²) in [5.74, 6) is -2.84. The predicted octanol–water partition coefficient (Wildman–Crippen LogP) is 6.57. The molecule has 0 aliphatic rings. The molecule has 4 aromatic rings. The van der Waals surface area contributed by atoms with Crippen LogP contribution in [0.1, 0.15) is 10.4 Å². The van der Waals surface area contributed by atoms with E-state index in [0.717, 1.165) is 11.8 Å². The predicted molar refractivity (Wildman–Crippen MR) is 111 cm³/mol. The van der Waals surface area contributed by atoms with E-state index in [1.165, 1.54) is 24.3 Å². The number of aromatic carboxylic acids is 1. The van der Waals surface area contributed by atoms with E-state index >= 15 is 0 Å². The van der Waals surface area contributed by atoms with Gasteiger partial charge in [-0.25, -0.2) is 13.6 Å². The summed E-state index contributed by atoms with van der Waals surface area (Å²) >= 11 is 10.5. The zero-order chi connectivity index (χ0) is 20.7. The summed E-state index contributed by atoms with van der Waals surface area (Å²) in [6.07, 6.45) is 3.15. The van der Waals surface area contributed by atoms with Crippen LogP contribution in [0.25, 0.3) is 16.6 Å². The minimum atomic E-state index is -1.36. The second-order valence-electron chi connectivity index (χ2n) is 5.95.